The predicted molar refractivity (Wildman–Crippen MR) is 182 cm³/mol. The molecule has 2 aliphatic carbocycles. The van der Waals surface area contributed by atoms with Gasteiger partial charge in [-0.3, -0.25) is 14.5 Å². The fourth-order valence-corrected chi connectivity index (χ4v) is 10.1. The second-order valence-corrected chi connectivity index (χ2v) is 15.4. The molecule has 1 aromatic heterocycles. The Morgan fingerprint density at radius 1 is 1.20 bits per heavy atom. The minimum atomic E-state index is -0.299. The molecule has 3 aromatic rings. The number of benzene rings is 2. The summed E-state index contributed by atoms with van der Waals surface area (Å²) in [5, 5.41) is 2.04. The Kier molecular flexibility index (Phi) is 8.42. The van der Waals surface area contributed by atoms with Gasteiger partial charge in [-0.2, -0.15) is 0 Å². The van der Waals surface area contributed by atoms with Crippen molar-refractivity contribution in [2.75, 3.05) is 19.6 Å². The van der Waals surface area contributed by atoms with Gasteiger partial charge in [0.05, 0.1) is 6.04 Å². The van der Waals surface area contributed by atoms with Crippen LogP contribution in [0.4, 0.5) is 0 Å². The molecule has 4 aliphatic rings. The molecule has 1 saturated carbocycles. The smallest absolute Gasteiger partial charge is 0.308 e. The van der Waals surface area contributed by atoms with E-state index in [1.165, 1.54) is 18.1 Å². The molecule has 8 heteroatoms. The molecule has 2 fully saturated rings. The monoisotopic (exact) mass is 688 g/mol. The minimum Gasteiger partial charge on any atom is -0.487 e. The van der Waals surface area contributed by atoms with Crippen molar-refractivity contribution in [3.8, 4) is 11.5 Å². The van der Waals surface area contributed by atoms with Crippen LogP contribution in [0.25, 0.3) is 6.08 Å². The molecule has 6 nitrogen and oxygen atoms in total. The van der Waals surface area contributed by atoms with Crippen LogP contribution in [-0.2, 0) is 27.8 Å². The molecule has 5 atom stereocenters. The van der Waals surface area contributed by atoms with Gasteiger partial charge in [-0.05, 0) is 96.3 Å². The summed E-state index contributed by atoms with van der Waals surface area (Å²) >= 11 is 5.15. The lowest BCUT2D eigenvalue weighted by Gasteiger charge is -2.60. The summed E-state index contributed by atoms with van der Waals surface area (Å²) in [4.78, 5) is 32.1. The number of nitrogens with zero attached hydrogens (tertiary/aromatic N) is 2. The molecule has 2 bridgehead atoms. The van der Waals surface area contributed by atoms with Gasteiger partial charge in [-0.1, -0.05) is 44.2 Å². The maximum absolute atomic E-state index is 14.0. The van der Waals surface area contributed by atoms with Crippen LogP contribution in [0.5, 0.6) is 11.5 Å². The minimum absolute atomic E-state index is 0.0390. The fourth-order valence-electron chi connectivity index (χ4n) is 8.81. The van der Waals surface area contributed by atoms with E-state index in [1.807, 2.05) is 29.7 Å². The Bertz CT molecular complexity index is 1620. The molecule has 0 unspecified atom stereocenters. The Morgan fingerprint density at radius 2 is 2.02 bits per heavy atom. The predicted octanol–water partition coefficient (Wildman–Crippen LogP) is 7.28. The summed E-state index contributed by atoms with van der Waals surface area (Å²) in [5.74, 6) is 2.06. The lowest BCUT2D eigenvalue weighted by atomic mass is 9.50. The zero-order valence-corrected chi connectivity index (χ0v) is 28.6. The van der Waals surface area contributed by atoms with Crippen LogP contribution in [0.3, 0.4) is 0 Å². The molecule has 45 heavy (non-hydrogen) atoms. The summed E-state index contributed by atoms with van der Waals surface area (Å²) in [6, 6.07) is 17.0. The number of likely N-dealkylation sites (tertiary alicyclic amines) is 1. The number of amides is 1. The number of halogens is 1. The lowest BCUT2D eigenvalue weighted by Crippen LogP contribution is -2.69. The van der Waals surface area contributed by atoms with Gasteiger partial charge < -0.3 is 14.4 Å². The average molecular weight is 690 g/mol. The third-order valence-electron chi connectivity index (χ3n) is 10.4. The standard InChI is InChI=1S/C37H41BrN2O4S/c1-23(2)21-40(34(42)14-9-27-19-26(38)22-45-27)30-11-10-29-31-20-28-32(43-24(3)41)12-13-33-35(28)37(29,36(30)44-33)16-18-39(31)17-15-25-7-5-4-6-8-25/h4-9,12-14,19,22-23,29-31,36H,10-11,15-18,20-21H2,1-3H3/b14-9+/t29-,30+,31+,36-,37-/m0/s1. The van der Waals surface area contributed by atoms with Crippen molar-refractivity contribution < 1.29 is 19.1 Å². The molecule has 1 saturated heterocycles. The van der Waals surface area contributed by atoms with E-state index in [0.717, 1.165) is 65.9 Å². The Labute approximate surface area is 278 Å². The van der Waals surface area contributed by atoms with E-state index in [4.69, 9.17) is 9.47 Å². The lowest BCUT2D eigenvalue weighted by molar-refractivity contribution is -0.138. The molecule has 2 aromatic carbocycles. The van der Waals surface area contributed by atoms with E-state index in [-0.39, 0.29) is 29.4 Å². The number of piperidine rings is 1. The van der Waals surface area contributed by atoms with Crippen molar-refractivity contribution in [1.29, 1.82) is 0 Å². The number of thiophene rings is 1. The van der Waals surface area contributed by atoms with Crippen LogP contribution in [-0.4, -0.2) is 59.5 Å². The van der Waals surface area contributed by atoms with Gasteiger partial charge in [-0.15, -0.1) is 11.3 Å². The largest absolute Gasteiger partial charge is 0.487 e. The molecular formula is C37H41BrN2O4S. The number of ether oxygens (including phenoxy) is 2. The van der Waals surface area contributed by atoms with Crippen molar-refractivity contribution in [2.24, 2.45) is 11.8 Å². The first-order valence-corrected chi connectivity index (χ1v) is 17.9. The number of carbonyl (C=O) groups is 2. The van der Waals surface area contributed by atoms with E-state index in [0.29, 0.717) is 30.2 Å². The number of hydrogen-bond donors (Lipinski definition) is 0. The molecule has 2 aliphatic heterocycles. The van der Waals surface area contributed by atoms with Crippen LogP contribution < -0.4 is 9.47 Å². The van der Waals surface area contributed by atoms with Crippen LogP contribution in [0.15, 0.2) is 64.5 Å². The molecule has 0 radical (unpaired) electrons. The van der Waals surface area contributed by atoms with E-state index < -0.39 is 0 Å². The van der Waals surface area contributed by atoms with Crippen LogP contribution in [0.2, 0.25) is 0 Å². The summed E-state index contributed by atoms with van der Waals surface area (Å²) < 4.78 is 13.9. The SMILES string of the molecule is CC(=O)Oc1ccc2c3c1C[C@@H]1[C@@H]4CC[C@@H](N(CC(C)C)C(=O)/C=C/c5cc(Br)cs5)[C@H](O2)[C@]34CCN1CCc1ccccc1. The van der Waals surface area contributed by atoms with Gasteiger partial charge in [-0.25, -0.2) is 0 Å². The Balaban J connectivity index is 1.25. The number of esters is 1. The van der Waals surface area contributed by atoms with Gasteiger partial charge in [0, 0.05) is 63.4 Å². The van der Waals surface area contributed by atoms with Crippen LogP contribution in [0, 0.1) is 11.8 Å². The Morgan fingerprint density at radius 3 is 2.76 bits per heavy atom. The fraction of sp³-hybridized carbons (Fsp3) is 0.459. The van der Waals surface area contributed by atoms with Crippen molar-refractivity contribution in [3.63, 3.8) is 0 Å². The second-order valence-electron chi connectivity index (χ2n) is 13.5. The zero-order chi connectivity index (χ0) is 31.3. The first-order valence-electron chi connectivity index (χ1n) is 16.3. The van der Waals surface area contributed by atoms with Gasteiger partial charge in [0.1, 0.15) is 17.6 Å². The first-order chi connectivity index (χ1) is 21.7. The zero-order valence-electron chi connectivity index (χ0n) is 26.2. The maximum Gasteiger partial charge on any atom is 0.308 e. The van der Waals surface area contributed by atoms with Gasteiger partial charge >= 0.3 is 5.97 Å². The third kappa shape index (κ3) is 5.57. The highest BCUT2D eigenvalue weighted by atomic mass is 79.9. The van der Waals surface area contributed by atoms with Crippen molar-refractivity contribution in [3.05, 3.63) is 86.0 Å². The summed E-state index contributed by atoms with van der Waals surface area (Å²) in [6.45, 7) is 8.50. The quantitative estimate of drug-likeness (QED) is 0.134. The highest BCUT2D eigenvalue weighted by Crippen LogP contribution is 2.64. The molecule has 236 valence electrons. The van der Waals surface area contributed by atoms with Crippen molar-refractivity contribution >= 4 is 45.2 Å². The third-order valence-corrected chi connectivity index (χ3v) is 12.1. The van der Waals surface area contributed by atoms with E-state index in [9.17, 15) is 9.59 Å². The average Bonchev–Trinajstić information content (AvgIpc) is 3.59. The molecule has 7 rings (SSSR count). The Hall–Kier alpha value is -2.94. The van der Waals surface area contributed by atoms with Crippen molar-refractivity contribution in [1.82, 2.24) is 9.80 Å². The first kappa shape index (κ1) is 30.7. The van der Waals surface area contributed by atoms with Gasteiger partial charge in [0.25, 0.3) is 0 Å². The molecular weight excluding hydrogens is 648 g/mol. The van der Waals surface area contributed by atoms with Gasteiger partial charge in [0.15, 0.2) is 0 Å². The normalized spacial score (nSPS) is 26.5. The molecule has 3 heterocycles. The number of carbonyl (C=O) groups excluding carboxylic acids is 2. The summed E-state index contributed by atoms with van der Waals surface area (Å²) in [5.41, 5.74) is 3.51. The highest BCUT2D eigenvalue weighted by molar-refractivity contribution is 9.10. The van der Waals surface area contributed by atoms with E-state index >= 15 is 0 Å². The summed E-state index contributed by atoms with van der Waals surface area (Å²) in [6.07, 6.45) is 8.32. The van der Waals surface area contributed by atoms with Crippen LogP contribution in [0.1, 0.15) is 61.6 Å². The second kappa shape index (κ2) is 12.3. The van der Waals surface area contributed by atoms with Crippen LogP contribution >= 0.6 is 27.3 Å². The van der Waals surface area contributed by atoms with Gasteiger partial charge in [0.2, 0.25) is 5.91 Å². The highest BCUT2D eigenvalue weighted by Gasteiger charge is 2.66. The van der Waals surface area contributed by atoms with E-state index in [2.05, 4.69) is 69.9 Å². The molecule has 1 spiro atoms. The maximum atomic E-state index is 14.0. The number of rotatable bonds is 9. The number of hydrogen-bond acceptors (Lipinski definition) is 6. The summed E-state index contributed by atoms with van der Waals surface area (Å²) in [7, 11) is 0. The van der Waals surface area contributed by atoms with Crippen molar-refractivity contribution in [2.45, 2.75) is 76.5 Å². The molecule has 0 N–H and O–H groups in total. The molecule has 1 amide bonds. The van der Waals surface area contributed by atoms with E-state index in [1.54, 1.807) is 17.4 Å². The topological polar surface area (TPSA) is 59.1 Å².